The predicted octanol–water partition coefficient (Wildman–Crippen LogP) is -0.310. The molecule has 4 nitrogen and oxygen atoms in total. The Morgan fingerprint density at radius 3 is 2.30 bits per heavy atom. The molecule has 0 saturated carbocycles. The molecule has 0 aliphatic rings. The molecule has 0 radical (unpaired) electrons. The molecule has 0 bridgehead atoms. The number of unbranched alkanes of at least 4 members (excludes halogenated alkanes) is 1. The van der Waals surface area contributed by atoms with Crippen LogP contribution in [0.4, 0.5) is 0 Å². The Morgan fingerprint density at radius 1 is 1.50 bits per heavy atom. The number of rotatable bonds is 4. The SMILES string of the molecule is CCCCOS(=O)(=O)O.[MgH2]. The van der Waals surface area contributed by atoms with Crippen molar-refractivity contribution >= 4 is 33.5 Å². The van der Waals surface area contributed by atoms with Gasteiger partial charge in [-0.15, -0.1) is 0 Å². The van der Waals surface area contributed by atoms with Crippen LogP contribution in [0.15, 0.2) is 0 Å². The third-order valence-electron chi connectivity index (χ3n) is 0.730. The van der Waals surface area contributed by atoms with Crippen molar-refractivity contribution in [3.8, 4) is 0 Å². The third kappa shape index (κ3) is 11.4. The maximum absolute atomic E-state index is 9.84. The van der Waals surface area contributed by atoms with Crippen molar-refractivity contribution in [2.24, 2.45) is 0 Å². The van der Waals surface area contributed by atoms with Crippen LogP contribution in [0, 0.1) is 0 Å². The molecule has 0 spiro atoms. The Hall–Kier alpha value is 0.636. The third-order valence-corrected chi connectivity index (χ3v) is 1.19. The average molecular weight is 181 g/mol. The van der Waals surface area contributed by atoms with Crippen molar-refractivity contribution in [1.82, 2.24) is 0 Å². The van der Waals surface area contributed by atoms with E-state index in [1.54, 1.807) is 0 Å². The van der Waals surface area contributed by atoms with Crippen LogP contribution >= 0.6 is 0 Å². The lowest BCUT2D eigenvalue weighted by Gasteiger charge is -1.95. The molecule has 6 heteroatoms. The summed E-state index contributed by atoms with van der Waals surface area (Å²) in [6.07, 6.45) is 1.48. The first kappa shape index (κ1) is 13.2. The van der Waals surface area contributed by atoms with Crippen LogP contribution in [0.3, 0.4) is 0 Å². The molecule has 0 saturated heterocycles. The van der Waals surface area contributed by atoms with Gasteiger partial charge in [0, 0.05) is 0 Å². The van der Waals surface area contributed by atoms with Gasteiger partial charge in [-0.1, -0.05) is 13.3 Å². The van der Waals surface area contributed by atoms with E-state index in [1.807, 2.05) is 6.92 Å². The fraction of sp³-hybridized carbons (Fsp3) is 1.00. The van der Waals surface area contributed by atoms with Crippen molar-refractivity contribution in [3.63, 3.8) is 0 Å². The summed E-state index contributed by atoms with van der Waals surface area (Å²) in [4.78, 5) is 0. The standard InChI is InChI=1S/C4H10O4S.Mg.2H/c1-2-3-4-8-9(5,6)7;;;/h2-4H2,1H3,(H,5,6,7);;;. The topological polar surface area (TPSA) is 63.6 Å². The average Bonchev–Trinajstić information content (AvgIpc) is 1.63. The van der Waals surface area contributed by atoms with E-state index in [1.165, 1.54) is 0 Å². The summed E-state index contributed by atoms with van der Waals surface area (Å²) < 4.78 is 31.7. The highest BCUT2D eigenvalue weighted by atomic mass is 32.3. The molecule has 10 heavy (non-hydrogen) atoms. The van der Waals surface area contributed by atoms with Crippen molar-refractivity contribution in [2.75, 3.05) is 6.61 Å². The zero-order valence-corrected chi connectivity index (χ0v) is 6.02. The minimum Gasteiger partial charge on any atom is -0.264 e. The van der Waals surface area contributed by atoms with E-state index in [2.05, 4.69) is 4.18 Å². The van der Waals surface area contributed by atoms with E-state index in [0.717, 1.165) is 6.42 Å². The van der Waals surface area contributed by atoms with Crippen molar-refractivity contribution in [2.45, 2.75) is 19.8 Å². The van der Waals surface area contributed by atoms with Crippen LogP contribution in [-0.2, 0) is 14.6 Å². The highest BCUT2D eigenvalue weighted by Gasteiger charge is 2.00. The molecule has 0 aliphatic carbocycles. The largest absolute Gasteiger partial charge is 0.397 e. The summed E-state index contributed by atoms with van der Waals surface area (Å²) in [6.45, 7) is 1.96. The molecule has 0 unspecified atom stereocenters. The van der Waals surface area contributed by atoms with Crippen LogP contribution < -0.4 is 0 Å². The van der Waals surface area contributed by atoms with Crippen molar-refractivity contribution in [1.29, 1.82) is 0 Å². The first-order chi connectivity index (χ1) is 4.06. The molecule has 0 aromatic heterocycles. The molecule has 0 aliphatic heterocycles. The van der Waals surface area contributed by atoms with Crippen LogP contribution in [0.5, 0.6) is 0 Å². The van der Waals surface area contributed by atoms with Crippen molar-refractivity contribution in [3.05, 3.63) is 0 Å². The summed E-state index contributed by atoms with van der Waals surface area (Å²) in [6, 6.07) is 0. The smallest absolute Gasteiger partial charge is 0.264 e. The molecule has 0 aromatic rings. The van der Waals surface area contributed by atoms with E-state index in [-0.39, 0.29) is 29.7 Å². The van der Waals surface area contributed by atoms with Crippen molar-refractivity contribution < 1.29 is 17.2 Å². The molecular formula is C4H12MgO4S. The molecule has 0 rings (SSSR count). The lowest BCUT2D eigenvalue weighted by atomic mass is 10.4. The number of hydrogen-bond acceptors (Lipinski definition) is 3. The van der Waals surface area contributed by atoms with Gasteiger partial charge in [0.25, 0.3) is 0 Å². The van der Waals surface area contributed by atoms with Gasteiger partial charge in [0.15, 0.2) is 0 Å². The maximum atomic E-state index is 9.84. The minimum absolute atomic E-state index is 0. The Morgan fingerprint density at radius 2 is 2.00 bits per heavy atom. The highest BCUT2D eigenvalue weighted by molar-refractivity contribution is 7.80. The summed E-state index contributed by atoms with van der Waals surface area (Å²) in [5.41, 5.74) is 0. The van der Waals surface area contributed by atoms with E-state index in [9.17, 15) is 8.42 Å². The fourth-order valence-corrected chi connectivity index (χ4v) is 0.637. The van der Waals surface area contributed by atoms with Gasteiger partial charge in [0.1, 0.15) is 0 Å². The Labute approximate surface area is 77.1 Å². The molecular weight excluding hydrogens is 168 g/mol. The summed E-state index contributed by atoms with van der Waals surface area (Å²) >= 11 is 0. The van der Waals surface area contributed by atoms with E-state index < -0.39 is 10.4 Å². The Bertz CT molecular complexity index is 153. The van der Waals surface area contributed by atoms with E-state index >= 15 is 0 Å². The normalized spacial score (nSPS) is 10.6. The molecule has 60 valence electrons. The molecule has 0 amide bonds. The van der Waals surface area contributed by atoms with Crippen LogP contribution in [-0.4, -0.2) is 42.6 Å². The van der Waals surface area contributed by atoms with Gasteiger partial charge in [-0.05, 0) is 6.42 Å². The molecule has 1 N–H and O–H groups in total. The zero-order valence-electron chi connectivity index (χ0n) is 5.20. The second kappa shape index (κ2) is 6.35. The minimum atomic E-state index is -4.20. The monoisotopic (exact) mass is 180 g/mol. The van der Waals surface area contributed by atoms with Gasteiger partial charge >= 0.3 is 33.5 Å². The van der Waals surface area contributed by atoms with Crippen LogP contribution in [0.1, 0.15) is 19.8 Å². The molecule has 0 atom stereocenters. The summed E-state index contributed by atoms with van der Waals surface area (Å²) in [5, 5.41) is 0. The van der Waals surface area contributed by atoms with Gasteiger partial charge < -0.3 is 0 Å². The van der Waals surface area contributed by atoms with Gasteiger partial charge in [-0.2, -0.15) is 8.42 Å². The Kier molecular flexibility index (Phi) is 8.41. The van der Waals surface area contributed by atoms with Gasteiger partial charge in [0.05, 0.1) is 6.61 Å². The Balaban J connectivity index is 0. The van der Waals surface area contributed by atoms with E-state index in [0.29, 0.717) is 6.42 Å². The van der Waals surface area contributed by atoms with Gasteiger partial charge in [0.2, 0.25) is 0 Å². The second-order valence-corrected chi connectivity index (χ2v) is 2.69. The second-order valence-electron chi connectivity index (χ2n) is 1.60. The summed E-state index contributed by atoms with van der Waals surface area (Å²) in [7, 11) is -4.20. The molecule has 0 aromatic carbocycles. The molecule has 0 fully saturated rings. The van der Waals surface area contributed by atoms with Crippen LogP contribution in [0.2, 0.25) is 0 Å². The first-order valence-corrected chi connectivity index (χ1v) is 4.04. The predicted molar refractivity (Wildman–Crippen MR) is 41.0 cm³/mol. The molecule has 0 heterocycles. The van der Waals surface area contributed by atoms with Crippen LogP contribution in [0.25, 0.3) is 0 Å². The fourth-order valence-electron chi connectivity index (χ4n) is 0.309. The van der Waals surface area contributed by atoms with Gasteiger partial charge in [-0.25, -0.2) is 4.18 Å². The first-order valence-electron chi connectivity index (χ1n) is 2.68. The number of hydrogen-bond donors (Lipinski definition) is 1. The summed E-state index contributed by atoms with van der Waals surface area (Å²) in [5.74, 6) is 0. The van der Waals surface area contributed by atoms with E-state index in [4.69, 9.17) is 4.55 Å². The maximum Gasteiger partial charge on any atom is 0.397 e. The zero-order chi connectivity index (χ0) is 7.33. The highest BCUT2D eigenvalue weighted by Crippen LogP contribution is 1.91. The van der Waals surface area contributed by atoms with Gasteiger partial charge in [-0.3, -0.25) is 4.55 Å². The lowest BCUT2D eigenvalue weighted by Crippen LogP contribution is -2.04. The quantitative estimate of drug-likeness (QED) is 0.366. The lowest BCUT2D eigenvalue weighted by molar-refractivity contribution is 0.264.